The molecule has 3 nitrogen and oxygen atoms in total. The molecule has 1 rings (SSSR count). The lowest BCUT2D eigenvalue weighted by atomic mass is 9.93. The quantitative estimate of drug-likeness (QED) is 0.688. The molecule has 0 saturated carbocycles. The van der Waals surface area contributed by atoms with Crippen LogP contribution in [0.5, 0.6) is 5.75 Å². The van der Waals surface area contributed by atoms with Gasteiger partial charge in [-0.15, -0.1) is 0 Å². The number of hydrogen-bond donors (Lipinski definition) is 1. The number of carboxylic acid groups (broad SMARTS) is 1. The van der Waals surface area contributed by atoms with Gasteiger partial charge in [-0.1, -0.05) is 44.7 Å². The second-order valence-electron chi connectivity index (χ2n) is 4.94. The van der Waals surface area contributed by atoms with E-state index in [0.717, 1.165) is 30.6 Å². The lowest BCUT2D eigenvalue weighted by Gasteiger charge is -2.12. The molecule has 0 aliphatic rings. The number of methoxy groups -OCH3 is 1. The van der Waals surface area contributed by atoms with Crippen LogP contribution in [0.3, 0.4) is 0 Å². The third-order valence-electron chi connectivity index (χ3n) is 3.40. The van der Waals surface area contributed by atoms with Crippen molar-refractivity contribution in [1.82, 2.24) is 0 Å². The number of unbranched alkanes of at least 4 members (excludes halogenated alkanes) is 3. The summed E-state index contributed by atoms with van der Waals surface area (Å²) in [6.45, 7) is 2.16. The van der Waals surface area contributed by atoms with Gasteiger partial charge >= 0.3 is 5.97 Å². The number of benzene rings is 1. The first-order valence-electron chi connectivity index (χ1n) is 7.03. The summed E-state index contributed by atoms with van der Waals surface area (Å²) < 4.78 is 5.10. The Morgan fingerprint density at radius 1 is 1.21 bits per heavy atom. The maximum absolute atomic E-state index is 11.3. The van der Waals surface area contributed by atoms with Gasteiger partial charge in [-0.3, -0.25) is 4.79 Å². The highest BCUT2D eigenvalue weighted by Gasteiger charge is 2.17. The minimum absolute atomic E-state index is 0.273. The van der Waals surface area contributed by atoms with Crippen molar-refractivity contribution in [1.29, 1.82) is 0 Å². The normalized spacial score (nSPS) is 12.1. The van der Waals surface area contributed by atoms with Gasteiger partial charge < -0.3 is 9.84 Å². The molecule has 0 saturated heterocycles. The fourth-order valence-corrected chi connectivity index (χ4v) is 2.18. The molecule has 0 heterocycles. The Bertz CT molecular complexity index is 370. The predicted octanol–water partition coefficient (Wildman–Crippen LogP) is 3.91. The molecule has 1 unspecified atom stereocenters. The Morgan fingerprint density at radius 2 is 1.89 bits per heavy atom. The van der Waals surface area contributed by atoms with E-state index in [0.29, 0.717) is 6.42 Å². The van der Waals surface area contributed by atoms with E-state index in [1.807, 2.05) is 24.3 Å². The van der Waals surface area contributed by atoms with Crippen LogP contribution < -0.4 is 4.74 Å². The highest BCUT2D eigenvalue weighted by Crippen LogP contribution is 2.19. The molecule has 0 aliphatic heterocycles. The highest BCUT2D eigenvalue weighted by molar-refractivity contribution is 5.70. The van der Waals surface area contributed by atoms with E-state index in [2.05, 4.69) is 6.92 Å². The SMILES string of the molecule is CCCCCCC(Cc1ccc(OC)cc1)C(=O)O. The van der Waals surface area contributed by atoms with E-state index >= 15 is 0 Å². The van der Waals surface area contributed by atoms with Crippen LogP contribution in [-0.4, -0.2) is 18.2 Å². The molecular weight excluding hydrogens is 240 g/mol. The summed E-state index contributed by atoms with van der Waals surface area (Å²) in [6.07, 6.45) is 5.86. The topological polar surface area (TPSA) is 46.5 Å². The largest absolute Gasteiger partial charge is 0.497 e. The fourth-order valence-electron chi connectivity index (χ4n) is 2.18. The summed E-state index contributed by atoms with van der Waals surface area (Å²) in [7, 11) is 1.63. The Hall–Kier alpha value is -1.51. The zero-order chi connectivity index (χ0) is 14.1. The molecule has 0 fully saturated rings. The predicted molar refractivity (Wildman–Crippen MR) is 76.6 cm³/mol. The van der Waals surface area contributed by atoms with Crippen LogP contribution in [0, 0.1) is 5.92 Å². The molecule has 0 aliphatic carbocycles. The van der Waals surface area contributed by atoms with Gasteiger partial charge in [0.2, 0.25) is 0 Å². The summed E-state index contributed by atoms with van der Waals surface area (Å²) in [5.74, 6) is -0.156. The lowest BCUT2D eigenvalue weighted by Crippen LogP contribution is -2.16. The van der Waals surface area contributed by atoms with Gasteiger partial charge in [0.25, 0.3) is 0 Å². The average molecular weight is 264 g/mol. The molecule has 3 heteroatoms. The number of ether oxygens (including phenoxy) is 1. The first kappa shape index (κ1) is 15.5. The summed E-state index contributed by atoms with van der Waals surface area (Å²) in [4.78, 5) is 11.3. The van der Waals surface area contributed by atoms with Crippen LogP contribution in [0.15, 0.2) is 24.3 Å². The van der Waals surface area contributed by atoms with E-state index in [4.69, 9.17) is 4.74 Å². The van der Waals surface area contributed by atoms with Crippen molar-refractivity contribution < 1.29 is 14.6 Å². The number of hydrogen-bond acceptors (Lipinski definition) is 2. The van der Waals surface area contributed by atoms with Crippen molar-refractivity contribution in [2.45, 2.75) is 45.4 Å². The average Bonchev–Trinajstić information content (AvgIpc) is 2.42. The van der Waals surface area contributed by atoms with Crippen LogP contribution in [0.4, 0.5) is 0 Å². The van der Waals surface area contributed by atoms with Crippen LogP contribution in [0.1, 0.15) is 44.6 Å². The van der Waals surface area contributed by atoms with Crippen molar-refractivity contribution in [2.75, 3.05) is 7.11 Å². The number of carbonyl (C=O) groups is 1. The summed E-state index contributed by atoms with van der Waals surface area (Å²) in [5.41, 5.74) is 1.06. The summed E-state index contributed by atoms with van der Waals surface area (Å²) >= 11 is 0. The summed E-state index contributed by atoms with van der Waals surface area (Å²) in [6, 6.07) is 7.65. The minimum Gasteiger partial charge on any atom is -0.497 e. The molecule has 19 heavy (non-hydrogen) atoms. The highest BCUT2D eigenvalue weighted by atomic mass is 16.5. The molecule has 1 aromatic carbocycles. The lowest BCUT2D eigenvalue weighted by molar-refractivity contribution is -0.142. The number of rotatable bonds is 9. The maximum Gasteiger partial charge on any atom is 0.306 e. The van der Waals surface area contributed by atoms with Crippen molar-refractivity contribution >= 4 is 5.97 Å². The second-order valence-corrected chi connectivity index (χ2v) is 4.94. The van der Waals surface area contributed by atoms with Crippen molar-refractivity contribution in [3.63, 3.8) is 0 Å². The van der Waals surface area contributed by atoms with Crippen LogP contribution in [0.2, 0.25) is 0 Å². The zero-order valence-corrected chi connectivity index (χ0v) is 11.9. The van der Waals surface area contributed by atoms with E-state index < -0.39 is 5.97 Å². The van der Waals surface area contributed by atoms with Gasteiger partial charge in [0.15, 0.2) is 0 Å². The first-order valence-corrected chi connectivity index (χ1v) is 7.03. The maximum atomic E-state index is 11.3. The van der Waals surface area contributed by atoms with E-state index in [-0.39, 0.29) is 5.92 Å². The first-order chi connectivity index (χ1) is 9.17. The molecule has 0 aromatic heterocycles. The van der Waals surface area contributed by atoms with Gasteiger partial charge in [-0.25, -0.2) is 0 Å². The van der Waals surface area contributed by atoms with Gasteiger partial charge in [0, 0.05) is 0 Å². The van der Waals surface area contributed by atoms with Gasteiger partial charge in [-0.05, 0) is 30.5 Å². The van der Waals surface area contributed by atoms with Gasteiger partial charge in [0.1, 0.15) is 5.75 Å². The Balaban J connectivity index is 2.49. The minimum atomic E-state index is -0.688. The number of carboxylic acids is 1. The Morgan fingerprint density at radius 3 is 2.42 bits per heavy atom. The Kier molecular flexibility index (Phi) is 7.01. The molecular formula is C16H24O3. The zero-order valence-electron chi connectivity index (χ0n) is 11.9. The molecule has 1 N–H and O–H groups in total. The van der Waals surface area contributed by atoms with E-state index in [1.165, 1.54) is 12.8 Å². The summed E-state index contributed by atoms with van der Waals surface area (Å²) in [5, 5.41) is 9.27. The molecule has 0 amide bonds. The number of aliphatic carboxylic acids is 1. The Labute approximate surface area is 115 Å². The van der Waals surface area contributed by atoms with E-state index in [9.17, 15) is 9.90 Å². The van der Waals surface area contributed by atoms with Gasteiger partial charge in [0.05, 0.1) is 13.0 Å². The van der Waals surface area contributed by atoms with Crippen molar-refractivity contribution in [2.24, 2.45) is 5.92 Å². The van der Waals surface area contributed by atoms with Crippen LogP contribution in [-0.2, 0) is 11.2 Å². The van der Waals surface area contributed by atoms with Crippen molar-refractivity contribution in [3.05, 3.63) is 29.8 Å². The molecule has 0 radical (unpaired) electrons. The monoisotopic (exact) mass is 264 g/mol. The van der Waals surface area contributed by atoms with Crippen molar-refractivity contribution in [3.8, 4) is 5.75 Å². The second kappa shape index (κ2) is 8.57. The molecule has 1 aromatic rings. The third-order valence-corrected chi connectivity index (χ3v) is 3.40. The molecule has 0 spiro atoms. The van der Waals surface area contributed by atoms with Gasteiger partial charge in [-0.2, -0.15) is 0 Å². The van der Waals surface area contributed by atoms with E-state index in [1.54, 1.807) is 7.11 Å². The molecule has 1 atom stereocenters. The fraction of sp³-hybridized carbons (Fsp3) is 0.562. The van der Waals surface area contributed by atoms with Crippen LogP contribution in [0.25, 0.3) is 0 Å². The van der Waals surface area contributed by atoms with Crippen LogP contribution >= 0.6 is 0 Å². The molecule has 106 valence electrons. The molecule has 0 bridgehead atoms. The smallest absolute Gasteiger partial charge is 0.306 e. The third kappa shape index (κ3) is 5.77. The standard InChI is InChI=1S/C16H24O3/c1-3-4-5-6-7-14(16(17)18)12-13-8-10-15(19-2)11-9-13/h8-11,14H,3-7,12H2,1-2H3,(H,17,18).